The summed E-state index contributed by atoms with van der Waals surface area (Å²) in [6, 6.07) is 0.223. The van der Waals surface area contributed by atoms with Crippen LogP contribution in [0.3, 0.4) is 0 Å². The molecule has 9 nitrogen and oxygen atoms in total. The number of nitrogens with one attached hydrogen (secondary N) is 1. The molecule has 146 valence electrons. The second-order valence-electron chi connectivity index (χ2n) is 7.80. The summed E-state index contributed by atoms with van der Waals surface area (Å²) in [5.41, 5.74) is 1.95. The fourth-order valence-electron chi connectivity index (χ4n) is 3.88. The zero-order valence-corrected chi connectivity index (χ0v) is 16.0. The minimum Gasteiger partial charge on any atom is -0.308 e. The van der Waals surface area contributed by atoms with Crippen LogP contribution in [0.1, 0.15) is 61.8 Å². The fraction of sp³-hybridized carbons (Fsp3) is 0.579. The van der Waals surface area contributed by atoms with Crippen molar-refractivity contribution in [3.63, 3.8) is 0 Å². The van der Waals surface area contributed by atoms with Crippen LogP contribution in [-0.4, -0.2) is 52.9 Å². The van der Waals surface area contributed by atoms with Crippen molar-refractivity contribution in [3.05, 3.63) is 40.0 Å². The lowest BCUT2D eigenvalue weighted by atomic mass is 10.0. The zero-order valence-electron chi connectivity index (χ0n) is 16.0. The van der Waals surface area contributed by atoms with Crippen molar-refractivity contribution in [1.29, 1.82) is 0 Å². The molecule has 1 saturated heterocycles. The number of hydrogen-bond acceptors (Lipinski definition) is 7. The summed E-state index contributed by atoms with van der Waals surface area (Å²) in [5.74, 6) is 2.06. The van der Waals surface area contributed by atoms with E-state index in [4.69, 9.17) is 0 Å². The number of aromatic nitrogens is 7. The average molecular weight is 380 g/mol. The molecule has 28 heavy (non-hydrogen) atoms. The molecular formula is C19H24N8O. The normalized spacial score (nSPS) is 18.8. The van der Waals surface area contributed by atoms with Gasteiger partial charge < -0.3 is 4.98 Å². The van der Waals surface area contributed by atoms with E-state index >= 15 is 0 Å². The van der Waals surface area contributed by atoms with E-state index in [0.29, 0.717) is 17.1 Å². The molecule has 1 N–H and O–H groups in total. The lowest BCUT2D eigenvalue weighted by Gasteiger charge is -2.31. The predicted molar refractivity (Wildman–Crippen MR) is 103 cm³/mol. The first-order valence-electron chi connectivity index (χ1n) is 10.1. The smallest absolute Gasteiger partial charge is 0.281 e. The summed E-state index contributed by atoms with van der Waals surface area (Å²) >= 11 is 0. The molecule has 1 aliphatic heterocycles. The third kappa shape index (κ3) is 3.30. The van der Waals surface area contributed by atoms with Crippen LogP contribution in [0.15, 0.2) is 17.2 Å². The number of rotatable bonds is 5. The van der Waals surface area contributed by atoms with Crippen molar-refractivity contribution in [3.8, 4) is 0 Å². The van der Waals surface area contributed by atoms with Gasteiger partial charge in [0.15, 0.2) is 11.2 Å². The quantitative estimate of drug-likeness (QED) is 0.716. The molecule has 0 atom stereocenters. The van der Waals surface area contributed by atoms with Crippen LogP contribution in [0.4, 0.5) is 0 Å². The Bertz CT molecular complexity index is 1030. The van der Waals surface area contributed by atoms with Crippen molar-refractivity contribution in [2.75, 3.05) is 13.1 Å². The topological polar surface area (TPSA) is 105 Å². The molecule has 0 spiro atoms. The number of fused-ring (bicyclic) bond motifs is 1. The van der Waals surface area contributed by atoms with Gasteiger partial charge in [-0.25, -0.2) is 19.6 Å². The van der Waals surface area contributed by atoms with Gasteiger partial charge in [-0.3, -0.25) is 9.69 Å². The van der Waals surface area contributed by atoms with Gasteiger partial charge in [0, 0.05) is 49.9 Å². The molecule has 3 aromatic rings. The molecule has 0 aromatic carbocycles. The summed E-state index contributed by atoms with van der Waals surface area (Å²) in [6.07, 6.45) is 8.82. The summed E-state index contributed by atoms with van der Waals surface area (Å²) < 4.78 is 1.87. The van der Waals surface area contributed by atoms with Crippen LogP contribution in [-0.2, 0) is 13.0 Å². The van der Waals surface area contributed by atoms with E-state index in [0.717, 1.165) is 69.0 Å². The Hall–Kier alpha value is -2.68. The van der Waals surface area contributed by atoms with Gasteiger partial charge >= 0.3 is 0 Å². The number of nitrogens with zero attached hydrogens (tertiary/aromatic N) is 7. The second-order valence-corrected chi connectivity index (χ2v) is 7.80. The van der Waals surface area contributed by atoms with Gasteiger partial charge in [0.2, 0.25) is 0 Å². The van der Waals surface area contributed by atoms with Crippen molar-refractivity contribution < 1.29 is 0 Å². The van der Waals surface area contributed by atoms with E-state index < -0.39 is 0 Å². The van der Waals surface area contributed by atoms with E-state index in [2.05, 4.69) is 42.1 Å². The summed E-state index contributed by atoms with van der Waals surface area (Å²) in [5, 5.41) is 8.37. The van der Waals surface area contributed by atoms with E-state index in [1.54, 1.807) is 0 Å². The average Bonchev–Trinajstić information content (AvgIpc) is 3.49. The van der Waals surface area contributed by atoms with Gasteiger partial charge in [-0.1, -0.05) is 12.1 Å². The lowest BCUT2D eigenvalue weighted by Crippen LogP contribution is -2.34. The van der Waals surface area contributed by atoms with Crippen LogP contribution in [0.25, 0.3) is 11.2 Å². The summed E-state index contributed by atoms with van der Waals surface area (Å²) in [6.45, 7) is 4.84. The maximum Gasteiger partial charge on any atom is 0.281 e. The molecule has 0 radical (unpaired) electrons. The van der Waals surface area contributed by atoms with Crippen molar-refractivity contribution in [2.24, 2.45) is 0 Å². The monoisotopic (exact) mass is 380 g/mol. The molecular weight excluding hydrogens is 356 g/mol. The van der Waals surface area contributed by atoms with E-state index in [-0.39, 0.29) is 11.6 Å². The first-order valence-corrected chi connectivity index (χ1v) is 10.1. The third-order valence-electron chi connectivity index (χ3n) is 5.70. The molecule has 0 bridgehead atoms. The van der Waals surface area contributed by atoms with Gasteiger partial charge in [-0.05, 0) is 25.7 Å². The number of likely N-dealkylation sites (tertiary alicyclic amines) is 1. The maximum atomic E-state index is 12.3. The van der Waals surface area contributed by atoms with Crippen molar-refractivity contribution in [2.45, 2.75) is 57.5 Å². The number of H-pyrrole nitrogens is 1. The number of piperidine rings is 1. The molecule has 3 aromatic heterocycles. The lowest BCUT2D eigenvalue weighted by molar-refractivity contribution is 0.173. The minimum atomic E-state index is -0.175. The Morgan fingerprint density at radius 1 is 1.14 bits per heavy atom. The zero-order chi connectivity index (χ0) is 19.1. The summed E-state index contributed by atoms with van der Waals surface area (Å²) in [7, 11) is 0. The first-order chi connectivity index (χ1) is 13.7. The Morgan fingerprint density at radius 2 is 1.89 bits per heavy atom. The highest BCUT2D eigenvalue weighted by atomic mass is 16.1. The van der Waals surface area contributed by atoms with Crippen molar-refractivity contribution >= 4 is 11.2 Å². The standard InChI is InChI=1S/C19H24N8O/c1-2-15-20-9-12(10-21-15)11-26-7-5-14(6-8-26)27-18-16(24-25-27)19(28)23-17(22-18)13-3-4-13/h9-10,13-14H,2-8,11H2,1H3,(H,22,23,28). The SMILES string of the molecule is CCc1ncc(CN2CCC(n3nnc4c(=O)[nH]c(C5CC5)nc43)CC2)cn1. The molecule has 9 heteroatoms. The van der Waals surface area contributed by atoms with Gasteiger partial charge in [-0.2, -0.15) is 0 Å². The van der Waals surface area contributed by atoms with Crippen LogP contribution < -0.4 is 5.56 Å². The van der Waals surface area contributed by atoms with E-state index in [1.165, 1.54) is 0 Å². The number of aryl methyl sites for hydroxylation is 1. The highest BCUT2D eigenvalue weighted by Crippen LogP contribution is 2.38. The number of aromatic amines is 1. The van der Waals surface area contributed by atoms with Gasteiger partial charge in [0.25, 0.3) is 5.56 Å². The van der Waals surface area contributed by atoms with Crippen LogP contribution >= 0.6 is 0 Å². The molecule has 5 rings (SSSR count). The fourth-order valence-corrected chi connectivity index (χ4v) is 3.88. The van der Waals surface area contributed by atoms with Crippen LogP contribution in [0.5, 0.6) is 0 Å². The highest BCUT2D eigenvalue weighted by Gasteiger charge is 2.29. The maximum absolute atomic E-state index is 12.3. The first kappa shape index (κ1) is 17.4. The van der Waals surface area contributed by atoms with E-state index in [9.17, 15) is 4.79 Å². The molecule has 0 unspecified atom stereocenters. The van der Waals surface area contributed by atoms with Crippen LogP contribution in [0.2, 0.25) is 0 Å². The van der Waals surface area contributed by atoms with Gasteiger partial charge in [-0.15, -0.1) is 5.10 Å². The molecule has 1 saturated carbocycles. The van der Waals surface area contributed by atoms with Gasteiger partial charge in [0.05, 0.1) is 6.04 Å². The largest absolute Gasteiger partial charge is 0.308 e. The number of hydrogen-bond donors (Lipinski definition) is 1. The molecule has 4 heterocycles. The Morgan fingerprint density at radius 3 is 2.57 bits per heavy atom. The molecule has 1 aliphatic carbocycles. The Kier molecular flexibility index (Phi) is 4.38. The highest BCUT2D eigenvalue weighted by molar-refractivity contribution is 5.68. The van der Waals surface area contributed by atoms with Gasteiger partial charge in [0.1, 0.15) is 11.6 Å². The predicted octanol–water partition coefficient (Wildman–Crippen LogP) is 1.58. The third-order valence-corrected chi connectivity index (χ3v) is 5.70. The minimum absolute atomic E-state index is 0.175. The summed E-state index contributed by atoms with van der Waals surface area (Å²) in [4.78, 5) is 31.0. The Labute approximate surface area is 162 Å². The van der Waals surface area contributed by atoms with E-state index in [1.807, 2.05) is 17.1 Å². The second kappa shape index (κ2) is 7.05. The molecule has 2 fully saturated rings. The van der Waals surface area contributed by atoms with Crippen LogP contribution in [0, 0.1) is 0 Å². The molecule has 2 aliphatic rings. The Balaban J connectivity index is 1.29. The molecule has 0 amide bonds. The van der Waals surface area contributed by atoms with Crippen molar-refractivity contribution in [1.82, 2.24) is 39.8 Å².